The third-order valence-electron chi connectivity index (χ3n) is 4.82. The van der Waals surface area contributed by atoms with Gasteiger partial charge in [-0.25, -0.2) is 14.2 Å². The monoisotopic (exact) mass is 412 g/mol. The van der Waals surface area contributed by atoms with E-state index < -0.39 is 12.0 Å². The lowest BCUT2D eigenvalue weighted by atomic mass is 10.0. The van der Waals surface area contributed by atoms with E-state index in [2.05, 4.69) is 11.9 Å². The minimum absolute atomic E-state index is 0.0431. The van der Waals surface area contributed by atoms with Crippen LogP contribution < -0.4 is 9.47 Å². The van der Waals surface area contributed by atoms with Crippen LogP contribution in [0.1, 0.15) is 75.8 Å². The van der Waals surface area contributed by atoms with E-state index in [1.165, 1.54) is 63.5 Å². The number of nitrogens with zero attached hydrogens (tertiary/aromatic N) is 2. The molecule has 0 spiro atoms. The van der Waals surface area contributed by atoms with Crippen molar-refractivity contribution in [3.05, 3.63) is 53.5 Å². The average Bonchev–Trinajstić information content (AvgIpc) is 2.74. The molecule has 0 radical (unpaired) electrons. The highest BCUT2D eigenvalue weighted by atomic mass is 19.1. The maximum absolute atomic E-state index is 13.5. The number of unbranched alkanes of at least 4 members (excludes halogenated alkanes) is 8. The van der Waals surface area contributed by atoms with Gasteiger partial charge in [-0.05, 0) is 30.5 Å². The van der Waals surface area contributed by atoms with Crippen molar-refractivity contribution in [1.82, 2.24) is 4.98 Å². The van der Waals surface area contributed by atoms with E-state index in [4.69, 9.17) is 14.7 Å². The van der Waals surface area contributed by atoms with E-state index in [1.54, 1.807) is 18.3 Å². The van der Waals surface area contributed by atoms with Gasteiger partial charge in [-0.2, -0.15) is 5.26 Å². The number of pyridine rings is 1. The second kappa shape index (κ2) is 13.3. The fourth-order valence-electron chi connectivity index (χ4n) is 3.11. The van der Waals surface area contributed by atoms with Crippen LogP contribution in [0.4, 0.5) is 9.18 Å². The molecule has 0 N–H and O–H groups in total. The van der Waals surface area contributed by atoms with Gasteiger partial charge in [0.05, 0.1) is 5.56 Å². The molecular formula is C24H29FN2O3. The van der Waals surface area contributed by atoms with Gasteiger partial charge in [-0.1, -0.05) is 64.4 Å². The number of nitriles is 1. The van der Waals surface area contributed by atoms with E-state index in [0.29, 0.717) is 0 Å². The molecule has 0 aliphatic rings. The van der Waals surface area contributed by atoms with Crippen molar-refractivity contribution >= 4 is 6.16 Å². The minimum Gasteiger partial charge on any atom is -0.395 e. The van der Waals surface area contributed by atoms with Crippen molar-refractivity contribution in [3.63, 3.8) is 0 Å². The lowest BCUT2D eigenvalue weighted by Crippen LogP contribution is -2.14. The molecule has 0 atom stereocenters. The number of hydrogen-bond donors (Lipinski definition) is 0. The molecule has 0 bridgehead atoms. The van der Waals surface area contributed by atoms with Crippen molar-refractivity contribution in [2.24, 2.45) is 0 Å². The van der Waals surface area contributed by atoms with Gasteiger partial charge in [0, 0.05) is 18.3 Å². The number of hydrogen-bond acceptors (Lipinski definition) is 5. The lowest BCUT2D eigenvalue weighted by Gasteiger charge is -2.06. The van der Waals surface area contributed by atoms with E-state index in [-0.39, 0.29) is 17.2 Å². The molecule has 160 valence electrons. The SMILES string of the molecule is CCCCCCCCCCCc1ccc(OC(=O)Oc2ccc(C#N)c(F)c2)nc1. The Hall–Kier alpha value is -2.94. The molecule has 1 aromatic carbocycles. The Kier molecular flexibility index (Phi) is 10.4. The van der Waals surface area contributed by atoms with Gasteiger partial charge in [-0.3, -0.25) is 0 Å². The van der Waals surface area contributed by atoms with Crippen LogP contribution in [0, 0.1) is 17.1 Å². The summed E-state index contributed by atoms with van der Waals surface area (Å²) in [5.41, 5.74) is 0.966. The molecule has 0 saturated carbocycles. The second-order valence-corrected chi connectivity index (χ2v) is 7.29. The number of benzene rings is 1. The van der Waals surface area contributed by atoms with Gasteiger partial charge in [0.15, 0.2) is 0 Å². The van der Waals surface area contributed by atoms with Crippen LogP contribution in [0.5, 0.6) is 11.6 Å². The number of rotatable bonds is 12. The third kappa shape index (κ3) is 8.60. The minimum atomic E-state index is -1.02. The first-order chi connectivity index (χ1) is 14.6. The van der Waals surface area contributed by atoms with Crippen LogP contribution in [0.15, 0.2) is 36.5 Å². The molecule has 0 fully saturated rings. The number of aromatic nitrogens is 1. The first-order valence-electron chi connectivity index (χ1n) is 10.7. The normalized spacial score (nSPS) is 10.4. The number of carbonyl (C=O) groups is 1. The van der Waals surface area contributed by atoms with Crippen molar-refractivity contribution in [3.8, 4) is 17.7 Å². The molecule has 2 rings (SSSR count). The van der Waals surface area contributed by atoms with Gasteiger partial charge in [0.25, 0.3) is 0 Å². The van der Waals surface area contributed by atoms with Crippen molar-refractivity contribution in [2.45, 2.75) is 71.1 Å². The summed E-state index contributed by atoms with van der Waals surface area (Å²) < 4.78 is 23.5. The standard InChI is InChI=1S/C24H29FN2O3/c1-2-3-4-5-6-7-8-9-10-11-19-12-15-23(27-18-19)30-24(28)29-21-14-13-20(17-26)22(25)16-21/h12-16,18H,2-11H2,1H3. The molecule has 5 nitrogen and oxygen atoms in total. The molecule has 6 heteroatoms. The maximum atomic E-state index is 13.5. The summed E-state index contributed by atoms with van der Waals surface area (Å²) in [5, 5.41) is 8.71. The fraction of sp³-hybridized carbons (Fsp3) is 0.458. The van der Waals surface area contributed by atoms with Crippen LogP contribution in [-0.2, 0) is 6.42 Å². The van der Waals surface area contributed by atoms with Gasteiger partial charge in [0.1, 0.15) is 17.6 Å². The second-order valence-electron chi connectivity index (χ2n) is 7.29. The van der Waals surface area contributed by atoms with Crippen LogP contribution in [0.25, 0.3) is 0 Å². The van der Waals surface area contributed by atoms with E-state index in [9.17, 15) is 9.18 Å². The Bertz CT molecular complexity index is 831. The molecule has 0 unspecified atom stereocenters. The van der Waals surface area contributed by atoms with E-state index >= 15 is 0 Å². The number of aryl methyl sites for hydroxylation is 1. The molecule has 0 aliphatic heterocycles. The zero-order valence-corrected chi connectivity index (χ0v) is 17.5. The quantitative estimate of drug-likeness (QED) is 0.219. The summed E-state index contributed by atoms with van der Waals surface area (Å²) in [5.74, 6) is -0.690. The predicted octanol–water partition coefficient (Wildman–Crippen LogP) is 6.74. The maximum Gasteiger partial charge on any atom is 0.520 e. The van der Waals surface area contributed by atoms with Crippen LogP contribution >= 0.6 is 0 Å². The summed E-state index contributed by atoms with van der Waals surface area (Å²) in [7, 11) is 0. The van der Waals surface area contributed by atoms with Crippen molar-refractivity contribution in [1.29, 1.82) is 5.26 Å². The third-order valence-corrected chi connectivity index (χ3v) is 4.82. The fourth-order valence-corrected chi connectivity index (χ4v) is 3.11. The number of carbonyl (C=O) groups excluding carboxylic acids is 1. The van der Waals surface area contributed by atoms with Gasteiger partial charge >= 0.3 is 6.16 Å². The van der Waals surface area contributed by atoms with Crippen molar-refractivity contribution in [2.75, 3.05) is 0 Å². The Balaban J connectivity index is 1.66. The molecule has 1 heterocycles. The molecule has 30 heavy (non-hydrogen) atoms. The van der Waals surface area contributed by atoms with Crippen LogP contribution in [-0.4, -0.2) is 11.1 Å². The smallest absolute Gasteiger partial charge is 0.395 e. The number of halogens is 1. The predicted molar refractivity (Wildman–Crippen MR) is 113 cm³/mol. The first-order valence-corrected chi connectivity index (χ1v) is 10.7. The Labute approximate surface area is 177 Å². The van der Waals surface area contributed by atoms with Gasteiger partial charge in [-0.15, -0.1) is 0 Å². The zero-order chi connectivity index (χ0) is 21.6. The molecule has 0 amide bonds. The zero-order valence-electron chi connectivity index (χ0n) is 17.5. The Morgan fingerprint density at radius 3 is 2.30 bits per heavy atom. The van der Waals surface area contributed by atoms with Gasteiger partial charge < -0.3 is 9.47 Å². The molecular weight excluding hydrogens is 383 g/mol. The first kappa shape index (κ1) is 23.3. The summed E-state index contributed by atoms with van der Waals surface area (Å²) in [6, 6.07) is 8.71. The highest BCUT2D eigenvalue weighted by molar-refractivity contribution is 5.66. The summed E-state index contributed by atoms with van der Waals surface area (Å²) in [6.45, 7) is 2.24. The topological polar surface area (TPSA) is 72.2 Å². The average molecular weight is 413 g/mol. The lowest BCUT2D eigenvalue weighted by molar-refractivity contribution is 0.150. The van der Waals surface area contributed by atoms with E-state index in [0.717, 1.165) is 24.5 Å². The highest BCUT2D eigenvalue weighted by Gasteiger charge is 2.11. The van der Waals surface area contributed by atoms with Crippen LogP contribution in [0.3, 0.4) is 0 Å². The van der Waals surface area contributed by atoms with Crippen LogP contribution in [0.2, 0.25) is 0 Å². The van der Waals surface area contributed by atoms with Crippen molar-refractivity contribution < 1.29 is 18.7 Å². The highest BCUT2D eigenvalue weighted by Crippen LogP contribution is 2.18. The summed E-state index contributed by atoms with van der Waals surface area (Å²) in [4.78, 5) is 15.9. The summed E-state index contributed by atoms with van der Waals surface area (Å²) >= 11 is 0. The number of ether oxygens (including phenoxy) is 2. The Morgan fingerprint density at radius 2 is 1.70 bits per heavy atom. The molecule has 0 saturated heterocycles. The molecule has 2 aromatic rings. The van der Waals surface area contributed by atoms with E-state index in [1.807, 2.05) is 6.07 Å². The summed E-state index contributed by atoms with van der Waals surface area (Å²) in [6.07, 6.45) is 13.2. The largest absolute Gasteiger partial charge is 0.520 e. The van der Waals surface area contributed by atoms with Gasteiger partial charge in [0.2, 0.25) is 5.88 Å². The Morgan fingerprint density at radius 1 is 1.00 bits per heavy atom. The molecule has 1 aromatic heterocycles. The molecule has 0 aliphatic carbocycles.